The van der Waals surface area contributed by atoms with Crippen LogP contribution in [-0.4, -0.2) is 17.1 Å². The summed E-state index contributed by atoms with van der Waals surface area (Å²) in [6.45, 7) is 1.56. The summed E-state index contributed by atoms with van der Waals surface area (Å²) in [7, 11) is 1.54. The van der Waals surface area contributed by atoms with Crippen LogP contribution in [0.5, 0.6) is 5.75 Å². The van der Waals surface area contributed by atoms with Gasteiger partial charge in [0.05, 0.1) is 39.6 Å². The Morgan fingerprint density at radius 3 is 2.29 bits per heavy atom. The molecule has 8 heteroatoms. The minimum absolute atomic E-state index is 0.402. The molecule has 0 fully saturated rings. The van der Waals surface area contributed by atoms with Crippen LogP contribution in [0.25, 0.3) is 22.0 Å². The van der Waals surface area contributed by atoms with Gasteiger partial charge in [0, 0.05) is 43.1 Å². The van der Waals surface area contributed by atoms with Crippen molar-refractivity contribution >= 4 is 45.5 Å². The summed E-state index contributed by atoms with van der Waals surface area (Å²) in [5.74, 6) is 0.480. The zero-order chi connectivity index (χ0) is 26.5. The minimum atomic E-state index is 0.402. The number of nitrogens with zero attached hydrogens (tertiary/aromatic N) is 3. The molecule has 5 aromatic rings. The van der Waals surface area contributed by atoms with Gasteiger partial charge < -0.3 is 15.4 Å². The third-order valence-corrected chi connectivity index (χ3v) is 6.79. The molecular weight excluding hydrogens is 517 g/mol. The Hall–Kier alpha value is -4.15. The topological polar surface area (TPSA) is 82.9 Å². The van der Waals surface area contributed by atoms with E-state index in [0.717, 1.165) is 35.1 Å². The maximum absolute atomic E-state index is 9.74. The third kappa shape index (κ3) is 5.56. The van der Waals surface area contributed by atoms with E-state index in [1.54, 1.807) is 30.7 Å². The van der Waals surface area contributed by atoms with E-state index in [-0.39, 0.29) is 0 Å². The van der Waals surface area contributed by atoms with Crippen LogP contribution in [0.3, 0.4) is 0 Å². The zero-order valence-corrected chi connectivity index (χ0v) is 22.0. The highest BCUT2D eigenvalue weighted by Crippen LogP contribution is 2.38. The molecule has 6 nitrogen and oxygen atoms in total. The zero-order valence-electron chi connectivity index (χ0n) is 20.5. The molecule has 0 unspecified atom stereocenters. The highest BCUT2D eigenvalue weighted by Gasteiger charge is 2.14. The van der Waals surface area contributed by atoms with Gasteiger partial charge in [0.2, 0.25) is 0 Å². The first kappa shape index (κ1) is 25.5. The summed E-state index contributed by atoms with van der Waals surface area (Å²) in [6.07, 6.45) is 5.16. The average molecular weight is 540 g/mol. The van der Waals surface area contributed by atoms with Gasteiger partial charge in [0.15, 0.2) is 0 Å². The molecule has 0 aliphatic heterocycles. The number of halogens is 2. The summed E-state index contributed by atoms with van der Waals surface area (Å²) in [5.41, 5.74) is 6.86. The smallest absolute Gasteiger partial charge is 0.139 e. The van der Waals surface area contributed by atoms with Crippen molar-refractivity contribution in [2.24, 2.45) is 0 Å². The maximum Gasteiger partial charge on any atom is 0.139 e. The number of benzene rings is 3. The predicted molar refractivity (Wildman–Crippen MR) is 153 cm³/mol. The monoisotopic (exact) mass is 539 g/mol. The lowest BCUT2D eigenvalue weighted by Crippen LogP contribution is -2.12. The third-order valence-electron chi connectivity index (χ3n) is 6.19. The number of nitrogens with one attached hydrogen (secondary N) is 2. The highest BCUT2D eigenvalue weighted by molar-refractivity contribution is 6.37. The number of fused-ring (bicyclic) bond motifs is 1. The van der Waals surface area contributed by atoms with Crippen LogP contribution >= 0.6 is 23.2 Å². The molecule has 2 heterocycles. The summed E-state index contributed by atoms with van der Waals surface area (Å²) >= 11 is 12.6. The molecule has 0 saturated heterocycles. The molecular formula is C30H23Cl2N5O. The number of hydrogen-bond acceptors (Lipinski definition) is 6. The summed E-state index contributed by atoms with van der Waals surface area (Å²) in [5, 5.41) is 18.1. The molecule has 2 aromatic heterocycles. The first-order chi connectivity index (χ1) is 18.6. The Kier molecular flexibility index (Phi) is 7.71. The molecule has 5 rings (SSSR count). The van der Waals surface area contributed by atoms with Gasteiger partial charge in [-0.15, -0.1) is 0 Å². The van der Waals surface area contributed by atoms with E-state index in [1.165, 1.54) is 18.2 Å². The van der Waals surface area contributed by atoms with Crippen LogP contribution in [0.1, 0.15) is 16.7 Å². The van der Waals surface area contributed by atoms with E-state index in [1.807, 2.05) is 30.3 Å². The van der Waals surface area contributed by atoms with Crippen LogP contribution in [0.15, 0.2) is 85.3 Å². The lowest BCUT2D eigenvalue weighted by atomic mass is 10.0. The van der Waals surface area contributed by atoms with Crippen molar-refractivity contribution in [3.8, 4) is 22.9 Å². The lowest BCUT2D eigenvalue weighted by Gasteiger charge is -2.15. The Balaban J connectivity index is 1.38. The fourth-order valence-electron chi connectivity index (χ4n) is 4.18. The molecule has 0 spiro atoms. The Bertz CT molecular complexity index is 1630. The molecule has 0 aliphatic carbocycles. The highest BCUT2D eigenvalue weighted by atomic mass is 35.5. The fourth-order valence-corrected chi connectivity index (χ4v) is 4.68. The Morgan fingerprint density at radius 1 is 0.868 bits per heavy atom. The van der Waals surface area contributed by atoms with Crippen LogP contribution in [0, 0.1) is 11.3 Å². The van der Waals surface area contributed by atoms with Crippen molar-refractivity contribution in [2.45, 2.75) is 13.1 Å². The second-order valence-corrected chi connectivity index (χ2v) is 9.45. The van der Waals surface area contributed by atoms with Gasteiger partial charge in [-0.3, -0.25) is 9.97 Å². The fraction of sp³-hybridized carbons (Fsp3) is 0.100. The molecule has 0 aliphatic rings. The first-order valence-electron chi connectivity index (χ1n) is 11.9. The largest absolute Gasteiger partial charge is 0.495 e. The molecule has 0 amide bonds. The van der Waals surface area contributed by atoms with Crippen LogP contribution in [-0.2, 0) is 13.1 Å². The van der Waals surface area contributed by atoms with Crippen LogP contribution < -0.4 is 15.4 Å². The molecule has 188 valence electrons. The van der Waals surface area contributed by atoms with Crippen molar-refractivity contribution < 1.29 is 4.74 Å². The molecule has 38 heavy (non-hydrogen) atoms. The quantitative estimate of drug-likeness (QED) is 0.212. The number of ether oxygens (including phenoxy) is 1. The number of nitriles is 1. The number of aromatic nitrogens is 2. The van der Waals surface area contributed by atoms with E-state index in [0.29, 0.717) is 32.7 Å². The second kappa shape index (κ2) is 11.5. The maximum atomic E-state index is 9.74. The molecule has 0 bridgehead atoms. The summed E-state index contributed by atoms with van der Waals surface area (Å²) in [4.78, 5) is 8.59. The van der Waals surface area contributed by atoms with Crippen LogP contribution in [0.2, 0.25) is 10.0 Å². The molecule has 2 N–H and O–H groups in total. The Labute approximate surface area is 230 Å². The normalized spacial score (nSPS) is 10.8. The van der Waals surface area contributed by atoms with Crippen LogP contribution in [0.4, 0.5) is 11.4 Å². The SMILES string of the molecule is COc1cc(Nc2c(C#N)cnc3cc(-c4ccc(CNCc5ccncc5)cc4)ccc23)c(Cl)cc1Cl. The van der Waals surface area contributed by atoms with Gasteiger partial charge in [-0.2, -0.15) is 5.26 Å². The van der Waals surface area contributed by atoms with Crippen molar-refractivity contribution in [1.29, 1.82) is 5.26 Å². The molecule has 0 atom stereocenters. The van der Waals surface area contributed by atoms with E-state index in [2.05, 4.69) is 50.9 Å². The second-order valence-electron chi connectivity index (χ2n) is 8.64. The van der Waals surface area contributed by atoms with Gasteiger partial charge in [-0.05, 0) is 46.5 Å². The van der Waals surface area contributed by atoms with E-state index >= 15 is 0 Å². The first-order valence-corrected chi connectivity index (χ1v) is 12.6. The van der Waals surface area contributed by atoms with Gasteiger partial charge in [0.1, 0.15) is 11.8 Å². The van der Waals surface area contributed by atoms with E-state index in [9.17, 15) is 5.26 Å². The van der Waals surface area contributed by atoms with E-state index < -0.39 is 0 Å². The number of pyridine rings is 2. The predicted octanol–water partition coefficient (Wildman–Crippen LogP) is 7.52. The number of methoxy groups -OCH3 is 1. The lowest BCUT2D eigenvalue weighted by molar-refractivity contribution is 0.415. The molecule has 0 saturated carbocycles. The number of rotatable bonds is 8. The molecule has 3 aromatic carbocycles. The molecule has 0 radical (unpaired) electrons. The number of hydrogen-bond donors (Lipinski definition) is 2. The van der Waals surface area contributed by atoms with Gasteiger partial charge >= 0.3 is 0 Å². The number of anilines is 2. The van der Waals surface area contributed by atoms with Gasteiger partial charge in [-0.25, -0.2) is 0 Å². The summed E-state index contributed by atoms with van der Waals surface area (Å²) < 4.78 is 5.32. The van der Waals surface area contributed by atoms with Gasteiger partial charge in [0.25, 0.3) is 0 Å². The van der Waals surface area contributed by atoms with Gasteiger partial charge in [-0.1, -0.05) is 59.6 Å². The van der Waals surface area contributed by atoms with Crippen molar-refractivity contribution in [2.75, 3.05) is 12.4 Å². The minimum Gasteiger partial charge on any atom is -0.495 e. The van der Waals surface area contributed by atoms with E-state index in [4.69, 9.17) is 27.9 Å². The summed E-state index contributed by atoms with van der Waals surface area (Å²) in [6, 6.07) is 24.0. The van der Waals surface area contributed by atoms with Crippen molar-refractivity contribution in [1.82, 2.24) is 15.3 Å². The van der Waals surface area contributed by atoms with Crippen molar-refractivity contribution in [3.63, 3.8) is 0 Å². The average Bonchev–Trinajstić information content (AvgIpc) is 2.95. The van der Waals surface area contributed by atoms with Crippen molar-refractivity contribution in [3.05, 3.63) is 112 Å². The Morgan fingerprint density at radius 2 is 1.58 bits per heavy atom. The standard InChI is InChI=1S/C30H23Cl2N5O/c1-38-29-14-28(25(31)13-26(29)32)37-30-23(15-33)18-36-27-12-22(6-7-24(27)30)21-4-2-19(3-5-21)16-35-17-20-8-10-34-11-9-20/h2-14,18,35H,16-17H2,1H3,(H,36,37).